The van der Waals surface area contributed by atoms with Crippen molar-refractivity contribution in [3.8, 4) is 0 Å². The Hall–Kier alpha value is -3.01. The van der Waals surface area contributed by atoms with Gasteiger partial charge in [-0.1, -0.05) is 43.3 Å². The zero-order valence-corrected chi connectivity index (χ0v) is 13.7. The van der Waals surface area contributed by atoms with E-state index in [0.717, 1.165) is 28.6 Å². The molecule has 0 saturated heterocycles. The molecule has 1 amide bonds. The Morgan fingerprint density at radius 3 is 2.62 bits per heavy atom. The molecule has 0 aliphatic carbocycles. The molecular formula is C20H21N3O. The van der Waals surface area contributed by atoms with Crippen LogP contribution in [0.25, 0.3) is 10.8 Å². The summed E-state index contributed by atoms with van der Waals surface area (Å²) in [5.74, 6) is -0.119. The zero-order chi connectivity index (χ0) is 16.9. The van der Waals surface area contributed by atoms with Crippen molar-refractivity contribution in [3.63, 3.8) is 0 Å². The van der Waals surface area contributed by atoms with E-state index >= 15 is 0 Å². The maximum absolute atomic E-state index is 12.4. The highest BCUT2D eigenvalue weighted by Crippen LogP contribution is 2.28. The molecule has 24 heavy (non-hydrogen) atoms. The Morgan fingerprint density at radius 1 is 1.00 bits per heavy atom. The quantitative estimate of drug-likeness (QED) is 0.614. The minimum atomic E-state index is -0.119. The first kappa shape index (κ1) is 15.9. The number of benzene rings is 3. The fraction of sp³-hybridized carbons (Fsp3) is 0.150. The van der Waals surface area contributed by atoms with Gasteiger partial charge >= 0.3 is 0 Å². The molecule has 0 bridgehead atoms. The van der Waals surface area contributed by atoms with Crippen LogP contribution in [0.15, 0.2) is 60.7 Å². The SMILES string of the molecule is CCCNC(=O)c1cc(N)ccc1Nc1cccc2ccccc12. The van der Waals surface area contributed by atoms with Crippen molar-refractivity contribution < 1.29 is 4.79 Å². The number of anilines is 3. The van der Waals surface area contributed by atoms with E-state index in [1.54, 1.807) is 12.1 Å². The minimum absolute atomic E-state index is 0.119. The lowest BCUT2D eigenvalue weighted by molar-refractivity contribution is 0.0954. The van der Waals surface area contributed by atoms with E-state index in [-0.39, 0.29) is 5.91 Å². The molecule has 0 heterocycles. The third kappa shape index (κ3) is 3.33. The molecule has 0 saturated carbocycles. The van der Waals surface area contributed by atoms with Gasteiger partial charge in [-0.15, -0.1) is 0 Å². The lowest BCUT2D eigenvalue weighted by atomic mass is 10.1. The Labute approximate surface area is 141 Å². The third-order valence-corrected chi connectivity index (χ3v) is 3.88. The summed E-state index contributed by atoms with van der Waals surface area (Å²) in [7, 11) is 0. The largest absolute Gasteiger partial charge is 0.399 e. The molecule has 4 heteroatoms. The average molecular weight is 319 g/mol. The van der Waals surface area contributed by atoms with E-state index in [2.05, 4.69) is 28.8 Å². The van der Waals surface area contributed by atoms with Gasteiger partial charge in [0, 0.05) is 23.3 Å². The van der Waals surface area contributed by atoms with Gasteiger partial charge in [-0.3, -0.25) is 4.79 Å². The molecule has 0 atom stereocenters. The van der Waals surface area contributed by atoms with Crippen LogP contribution in [-0.2, 0) is 0 Å². The van der Waals surface area contributed by atoms with E-state index in [4.69, 9.17) is 5.73 Å². The van der Waals surface area contributed by atoms with Crippen molar-refractivity contribution in [2.75, 3.05) is 17.6 Å². The number of carbonyl (C=O) groups is 1. The number of carbonyl (C=O) groups excluding carboxylic acids is 1. The van der Waals surface area contributed by atoms with Gasteiger partial charge in [0.2, 0.25) is 0 Å². The van der Waals surface area contributed by atoms with Gasteiger partial charge in [0.05, 0.1) is 11.3 Å². The van der Waals surface area contributed by atoms with Crippen LogP contribution >= 0.6 is 0 Å². The second-order valence-electron chi connectivity index (χ2n) is 5.71. The van der Waals surface area contributed by atoms with Gasteiger partial charge in [-0.2, -0.15) is 0 Å². The fourth-order valence-electron chi connectivity index (χ4n) is 2.67. The van der Waals surface area contributed by atoms with E-state index < -0.39 is 0 Å². The van der Waals surface area contributed by atoms with Crippen molar-refractivity contribution in [2.24, 2.45) is 0 Å². The molecule has 3 aromatic carbocycles. The molecule has 4 N–H and O–H groups in total. The first-order chi connectivity index (χ1) is 11.7. The van der Waals surface area contributed by atoms with Gasteiger partial charge in [0.15, 0.2) is 0 Å². The van der Waals surface area contributed by atoms with Gasteiger partial charge in [0.1, 0.15) is 0 Å². The Balaban J connectivity index is 1.98. The average Bonchev–Trinajstić information content (AvgIpc) is 2.61. The Morgan fingerprint density at radius 2 is 1.79 bits per heavy atom. The number of nitrogens with two attached hydrogens (primary N) is 1. The van der Waals surface area contributed by atoms with Crippen LogP contribution in [-0.4, -0.2) is 12.5 Å². The van der Waals surface area contributed by atoms with Crippen LogP contribution < -0.4 is 16.4 Å². The summed E-state index contributed by atoms with van der Waals surface area (Å²) in [6.45, 7) is 2.66. The van der Waals surface area contributed by atoms with Crippen molar-refractivity contribution >= 4 is 33.7 Å². The maximum atomic E-state index is 12.4. The second kappa shape index (κ2) is 7.04. The normalized spacial score (nSPS) is 10.5. The molecule has 122 valence electrons. The molecule has 4 nitrogen and oxygen atoms in total. The van der Waals surface area contributed by atoms with E-state index in [9.17, 15) is 4.79 Å². The van der Waals surface area contributed by atoms with E-state index in [1.165, 1.54) is 0 Å². The standard InChI is InChI=1S/C20H21N3O/c1-2-12-22-20(24)17-13-15(21)10-11-19(17)23-18-9-5-7-14-6-3-4-8-16(14)18/h3-11,13,23H,2,12,21H2,1H3,(H,22,24). The summed E-state index contributed by atoms with van der Waals surface area (Å²) in [5, 5.41) is 8.54. The van der Waals surface area contributed by atoms with Crippen LogP contribution in [0.1, 0.15) is 23.7 Å². The number of rotatable bonds is 5. The highest BCUT2D eigenvalue weighted by Gasteiger charge is 2.12. The van der Waals surface area contributed by atoms with Crippen LogP contribution in [0.4, 0.5) is 17.1 Å². The lowest BCUT2D eigenvalue weighted by Crippen LogP contribution is -2.24. The number of amides is 1. The highest BCUT2D eigenvalue weighted by atomic mass is 16.1. The predicted octanol–water partition coefficient (Wildman–Crippen LogP) is 4.31. The summed E-state index contributed by atoms with van der Waals surface area (Å²) >= 11 is 0. The van der Waals surface area contributed by atoms with Gasteiger partial charge in [-0.25, -0.2) is 0 Å². The number of hydrogen-bond donors (Lipinski definition) is 3. The lowest BCUT2D eigenvalue weighted by Gasteiger charge is -2.14. The first-order valence-corrected chi connectivity index (χ1v) is 8.11. The van der Waals surface area contributed by atoms with E-state index in [0.29, 0.717) is 17.8 Å². The molecular weight excluding hydrogens is 298 g/mol. The molecule has 0 fully saturated rings. The smallest absolute Gasteiger partial charge is 0.253 e. The monoisotopic (exact) mass is 319 g/mol. The number of fused-ring (bicyclic) bond motifs is 1. The molecule has 0 aromatic heterocycles. The molecule has 3 rings (SSSR count). The van der Waals surface area contributed by atoms with Crippen LogP contribution in [0.5, 0.6) is 0 Å². The van der Waals surface area contributed by atoms with Gasteiger partial charge < -0.3 is 16.4 Å². The summed E-state index contributed by atoms with van der Waals surface area (Å²) in [5.41, 5.74) is 8.70. The number of hydrogen-bond acceptors (Lipinski definition) is 3. The molecule has 0 aliphatic heterocycles. The molecule has 0 spiro atoms. The Bertz CT molecular complexity index is 868. The summed E-state index contributed by atoms with van der Waals surface area (Å²) < 4.78 is 0. The topological polar surface area (TPSA) is 67.2 Å². The summed E-state index contributed by atoms with van der Waals surface area (Å²) in [6, 6.07) is 19.6. The first-order valence-electron chi connectivity index (χ1n) is 8.11. The Kier molecular flexibility index (Phi) is 4.66. The second-order valence-corrected chi connectivity index (χ2v) is 5.71. The van der Waals surface area contributed by atoms with Crippen LogP contribution in [0, 0.1) is 0 Å². The van der Waals surface area contributed by atoms with Crippen molar-refractivity contribution in [2.45, 2.75) is 13.3 Å². The predicted molar refractivity (Wildman–Crippen MR) is 101 cm³/mol. The molecule has 0 radical (unpaired) electrons. The number of nitrogens with one attached hydrogen (secondary N) is 2. The zero-order valence-electron chi connectivity index (χ0n) is 13.7. The fourth-order valence-corrected chi connectivity index (χ4v) is 2.67. The van der Waals surface area contributed by atoms with Gasteiger partial charge in [0.25, 0.3) is 5.91 Å². The number of nitrogen functional groups attached to an aromatic ring is 1. The summed E-state index contributed by atoms with van der Waals surface area (Å²) in [6.07, 6.45) is 0.889. The summed E-state index contributed by atoms with van der Waals surface area (Å²) in [4.78, 5) is 12.4. The van der Waals surface area contributed by atoms with Crippen molar-refractivity contribution in [1.29, 1.82) is 0 Å². The van der Waals surface area contributed by atoms with Gasteiger partial charge in [-0.05, 0) is 36.1 Å². The van der Waals surface area contributed by atoms with E-state index in [1.807, 2.05) is 37.3 Å². The molecule has 3 aromatic rings. The van der Waals surface area contributed by atoms with Crippen molar-refractivity contribution in [3.05, 3.63) is 66.2 Å². The minimum Gasteiger partial charge on any atom is -0.399 e. The highest BCUT2D eigenvalue weighted by molar-refractivity contribution is 6.03. The van der Waals surface area contributed by atoms with Crippen LogP contribution in [0.3, 0.4) is 0 Å². The maximum Gasteiger partial charge on any atom is 0.253 e. The molecule has 0 unspecified atom stereocenters. The third-order valence-electron chi connectivity index (χ3n) is 3.88. The van der Waals surface area contributed by atoms with Crippen LogP contribution in [0.2, 0.25) is 0 Å². The van der Waals surface area contributed by atoms with Crippen molar-refractivity contribution in [1.82, 2.24) is 5.32 Å². The molecule has 0 aliphatic rings.